The Morgan fingerprint density at radius 3 is 2.00 bits per heavy atom. The van der Waals surface area contributed by atoms with E-state index in [-0.39, 0.29) is 18.4 Å². The summed E-state index contributed by atoms with van der Waals surface area (Å²) in [5.41, 5.74) is 3.84. The van der Waals surface area contributed by atoms with Gasteiger partial charge >= 0.3 is 6.03 Å². The van der Waals surface area contributed by atoms with Gasteiger partial charge in [-0.05, 0) is 36.1 Å². The van der Waals surface area contributed by atoms with E-state index in [1.165, 1.54) is 11.1 Å². The summed E-state index contributed by atoms with van der Waals surface area (Å²) in [4.78, 5) is 16.8. The Balaban J connectivity index is 0.00000182. The maximum Gasteiger partial charge on any atom is 0.321 e. The predicted molar refractivity (Wildman–Crippen MR) is 103 cm³/mol. The SMILES string of the molecule is Cl.O=C(Nc1ccccc1)N1CCN(C2Cc3ccccc3C2)CC1. The molecule has 2 aromatic carbocycles. The molecule has 0 radical (unpaired) electrons. The van der Waals surface area contributed by atoms with E-state index in [0.717, 1.165) is 44.7 Å². The number of piperazine rings is 1. The Labute approximate surface area is 155 Å². The Morgan fingerprint density at radius 1 is 0.840 bits per heavy atom. The van der Waals surface area contributed by atoms with Gasteiger partial charge in [0.05, 0.1) is 0 Å². The number of urea groups is 1. The second kappa shape index (κ2) is 7.89. The number of benzene rings is 2. The van der Waals surface area contributed by atoms with Gasteiger partial charge in [0.2, 0.25) is 0 Å². The van der Waals surface area contributed by atoms with Crippen molar-refractivity contribution in [3.05, 3.63) is 65.7 Å². The van der Waals surface area contributed by atoms with Crippen LogP contribution in [0, 0.1) is 0 Å². The number of anilines is 1. The first kappa shape index (κ1) is 17.8. The van der Waals surface area contributed by atoms with Crippen molar-refractivity contribution in [3.8, 4) is 0 Å². The third-order valence-corrected chi connectivity index (χ3v) is 5.17. The lowest BCUT2D eigenvalue weighted by Gasteiger charge is -2.38. The quantitative estimate of drug-likeness (QED) is 0.893. The van der Waals surface area contributed by atoms with E-state index in [2.05, 4.69) is 34.5 Å². The summed E-state index contributed by atoms with van der Waals surface area (Å²) in [5, 5.41) is 2.98. The molecule has 4 rings (SSSR count). The second-order valence-corrected chi connectivity index (χ2v) is 6.65. The minimum Gasteiger partial charge on any atom is -0.322 e. The number of nitrogens with zero attached hydrogens (tertiary/aromatic N) is 2. The number of carbonyl (C=O) groups excluding carboxylic acids is 1. The molecule has 25 heavy (non-hydrogen) atoms. The smallest absolute Gasteiger partial charge is 0.321 e. The summed E-state index contributed by atoms with van der Waals surface area (Å²) in [7, 11) is 0. The van der Waals surface area contributed by atoms with Crippen LogP contribution in [0.2, 0.25) is 0 Å². The van der Waals surface area contributed by atoms with Crippen LogP contribution < -0.4 is 5.32 Å². The van der Waals surface area contributed by atoms with Crippen molar-refractivity contribution in [2.75, 3.05) is 31.5 Å². The standard InChI is InChI=1S/C20H23N3O.ClH/c24-20(21-18-8-2-1-3-9-18)23-12-10-22(11-13-23)19-14-16-6-4-5-7-17(16)15-19;/h1-9,19H,10-15H2,(H,21,24);1H. The highest BCUT2D eigenvalue weighted by molar-refractivity contribution is 5.89. The molecule has 1 fully saturated rings. The molecule has 5 heteroatoms. The van der Waals surface area contributed by atoms with Crippen molar-refractivity contribution in [2.24, 2.45) is 0 Å². The minimum absolute atomic E-state index is 0. The molecular weight excluding hydrogens is 334 g/mol. The van der Waals surface area contributed by atoms with Gasteiger partial charge < -0.3 is 10.2 Å². The first-order chi connectivity index (χ1) is 11.8. The normalized spacial score (nSPS) is 17.7. The molecule has 132 valence electrons. The van der Waals surface area contributed by atoms with Crippen LogP contribution in [-0.2, 0) is 12.8 Å². The maximum atomic E-state index is 12.4. The number of amides is 2. The van der Waals surface area contributed by atoms with Crippen LogP contribution in [0.4, 0.5) is 10.5 Å². The molecular formula is C20H24ClN3O. The van der Waals surface area contributed by atoms with Gasteiger partial charge in [-0.1, -0.05) is 42.5 Å². The summed E-state index contributed by atoms with van der Waals surface area (Å²) >= 11 is 0. The molecule has 4 nitrogen and oxygen atoms in total. The molecule has 1 N–H and O–H groups in total. The zero-order valence-corrected chi connectivity index (χ0v) is 15.0. The van der Waals surface area contributed by atoms with Gasteiger partial charge in [-0.25, -0.2) is 4.79 Å². The van der Waals surface area contributed by atoms with Crippen LogP contribution in [0.1, 0.15) is 11.1 Å². The van der Waals surface area contributed by atoms with E-state index < -0.39 is 0 Å². The zero-order chi connectivity index (χ0) is 16.4. The Morgan fingerprint density at radius 2 is 1.40 bits per heavy atom. The summed E-state index contributed by atoms with van der Waals surface area (Å²) in [5.74, 6) is 0. The lowest BCUT2D eigenvalue weighted by atomic mass is 10.1. The van der Waals surface area contributed by atoms with Gasteiger partial charge in [-0.3, -0.25) is 4.90 Å². The van der Waals surface area contributed by atoms with Crippen LogP contribution in [0.3, 0.4) is 0 Å². The van der Waals surface area contributed by atoms with Crippen molar-refractivity contribution < 1.29 is 4.79 Å². The van der Waals surface area contributed by atoms with Gasteiger partial charge in [-0.15, -0.1) is 12.4 Å². The molecule has 0 spiro atoms. The highest BCUT2D eigenvalue weighted by Crippen LogP contribution is 2.26. The summed E-state index contributed by atoms with van der Waals surface area (Å²) < 4.78 is 0. The first-order valence-corrected chi connectivity index (χ1v) is 8.71. The van der Waals surface area contributed by atoms with E-state index in [1.807, 2.05) is 35.2 Å². The second-order valence-electron chi connectivity index (χ2n) is 6.65. The molecule has 1 saturated heterocycles. The van der Waals surface area contributed by atoms with E-state index in [0.29, 0.717) is 6.04 Å². The van der Waals surface area contributed by atoms with E-state index in [4.69, 9.17) is 0 Å². The summed E-state index contributed by atoms with van der Waals surface area (Å²) in [6.45, 7) is 3.51. The van der Waals surface area contributed by atoms with E-state index >= 15 is 0 Å². The largest absolute Gasteiger partial charge is 0.322 e. The molecule has 2 amide bonds. The number of hydrogen-bond acceptors (Lipinski definition) is 2. The van der Waals surface area contributed by atoms with Gasteiger partial charge in [0.1, 0.15) is 0 Å². The number of rotatable bonds is 2. The van der Waals surface area contributed by atoms with Crippen LogP contribution >= 0.6 is 12.4 Å². The Kier molecular flexibility index (Phi) is 5.61. The summed E-state index contributed by atoms with van der Waals surface area (Å²) in [6.07, 6.45) is 2.29. The topological polar surface area (TPSA) is 35.6 Å². The van der Waals surface area contributed by atoms with E-state index in [9.17, 15) is 4.79 Å². The maximum absolute atomic E-state index is 12.4. The third-order valence-electron chi connectivity index (χ3n) is 5.17. The number of nitrogens with one attached hydrogen (secondary N) is 1. The fraction of sp³-hybridized carbons (Fsp3) is 0.350. The van der Waals surface area contributed by atoms with Crippen molar-refractivity contribution in [1.29, 1.82) is 0 Å². The highest BCUT2D eigenvalue weighted by atomic mass is 35.5. The van der Waals surface area contributed by atoms with Crippen molar-refractivity contribution in [1.82, 2.24) is 9.80 Å². The van der Waals surface area contributed by atoms with Gasteiger partial charge in [0.15, 0.2) is 0 Å². The van der Waals surface area contributed by atoms with Gasteiger partial charge in [0, 0.05) is 37.9 Å². The average molecular weight is 358 g/mol. The molecule has 0 unspecified atom stereocenters. The monoisotopic (exact) mass is 357 g/mol. The van der Waals surface area contributed by atoms with Crippen LogP contribution in [0.15, 0.2) is 54.6 Å². The van der Waals surface area contributed by atoms with E-state index in [1.54, 1.807) is 0 Å². The number of carbonyl (C=O) groups is 1. The van der Waals surface area contributed by atoms with Crippen LogP contribution in [0.5, 0.6) is 0 Å². The average Bonchev–Trinajstić information content (AvgIpc) is 3.07. The summed E-state index contributed by atoms with van der Waals surface area (Å²) in [6, 6.07) is 19.0. The third kappa shape index (κ3) is 3.97. The Bertz CT molecular complexity index is 689. The molecule has 1 aliphatic carbocycles. The van der Waals surface area contributed by atoms with Crippen molar-refractivity contribution >= 4 is 24.1 Å². The number of fused-ring (bicyclic) bond motifs is 1. The highest BCUT2D eigenvalue weighted by Gasteiger charge is 2.30. The molecule has 1 aliphatic heterocycles. The molecule has 0 saturated carbocycles. The Hall–Kier alpha value is -2.04. The fourth-order valence-electron chi connectivity index (χ4n) is 3.81. The number of para-hydroxylation sites is 1. The van der Waals surface area contributed by atoms with Gasteiger partial charge in [0.25, 0.3) is 0 Å². The molecule has 0 atom stereocenters. The van der Waals surface area contributed by atoms with Crippen molar-refractivity contribution in [3.63, 3.8) is 0 Å². The van der Waals surface area contributed by atoms with Crippen molar-refractivity contribution in [2.45, 2.75) is 18.9 Å². The first-order valence-electron chi connectivity index (χ1n) is 8.71. The lowest BCUT2D eigenvalue weighted by Crippen LogP contribution is -2.53. The van der Waals surface area contributed by atoms with Crippen LogP contribution in [-0.4, -0.2) is 48.1 Å². The molecule has 1 heterocycles. The number of hydrogen-bond donors (Lipinski definition) is 1. The zero-order valence-electron chi connectivity index (χ0n) is 14.2. The molecule has 2 aromatic rings. The fourth-order valence-corrected chi connectivity index (χ4v) is 3.81. The molecule has 0 aromatic heterocycles. The number of halogens is 1. The minimum atomic E-state index is 0. The molecule has 2 aliphatic rings. The predicted octanol–water partition coefficient (Wildman–Crippen LogP) is 3.43. The lowest BCUT2D eigenvalue weighted by molar-refractivity contribution is 0.116. The van der Waals surface area contributed by atoms with Gasteiger partial charge in [-0.2, -0.15) is 0 Å². The molecule has 0 bridgehead atoms. The van der Waals surface area contributed by atoms with Crippen LogP contribution in [0.25, 0.3) is 0 Å².